The van der Waals surface area contributed by atoms with Gasteiger partial charge in [-0.2, -0.15) is 0 Å². The van der Waals surface area contributed by atoms with Crippen molar-refractivity contribution in [3.05, 3.63) is 53.9 Å². The third kappa shape index (κ3) is 3.64. The minimum Gasteiger partial charge on any atom is -0.497 e. The molecule has 0 aliphatic carbocycles. The molecule has 0 spiro atoms. The monoisotopic (exact) mass is 272 g/mol. The summed E-state index contributed by atoms with van der Waals surface area (Å²) in [5.74, 6) is 0.901. The Bertz CT molecular complexity index is 516. The van der Waals surface area contributed by atoms with E-state index in [0.29, 0.717) is 6.04 Å². The van der Waals surface area contributed by atoms with Crippen LogP contribution in [0.5, 0.6) is 5.75 Å². The van der Waals surface area contributed by atoms with E-state index in [2.05, 4.69) is 54.2 Å². The molecule has 0 aliphatic rings. The van der Waals surface area contributed by atoms with E-state index in [9.17, 15) is 0 Å². The average molecular weight is 272 g/mol. The van der Waals surface area contributed by atoms with E-state index in [0.717, 1.165) is 25.3 Å². The molecule has 3 nitrogen and oxygen atoms in total. The number of hydrogen-bond acceptors (Lipinski definition) is 2. The maximum absolute atomic E-state index is 5.19. The van der Waals surface area contributed by atoms with Crippen LogP contribution in [0.1, 0.15) is 37.6 Å². The summed E-state index contributed by atoms with van der Waals surface area (Å²) in [4.78, 5) is 0. The molecule has 2 aromatic rings. The maximum atomic E-state index is 5.19. The first-order valence-corrected chi connectivity index (χ1v) is 7.26. The number of nitrogens with zero attached hydrogens (tertiary/aromatic N) is 1. The first kappa shape index (κ1) is 14.7. The fourth-order valence-electron chi connectivity index (χ4n) is 2.34. The topological polar surface area (TPSA) is 26.2 Å². The molecule has 0 aliphatic heterocycles. The lowest BCUT2D eigenvalue weighted by Gasteiger charge is -2.16. The lowest BCUT2D eigenvalue weighted by atomic mass is 10.1. The molecule has 0 fully saturated rings. The lowest BCUT2D eigenvalue weighted by Crippen LogP contribution is -2.20. The Morgan fingerprint density at radius 2 is 1.95 bits per heavy atom. The Labute approximate surface area is 121 Å². The van der Waals surface area contributed by atoms with Crippen LogP contribution in [0, 0.1) is 0 Å². The number of hydrogen-bond donors (Lipinski definition) is 1. The Morgan fingerprint density at radius 1 is 1.20 bits per heavy atom. The van der Waals surface area contributed by atoms with Crippen molar-refractivity contribution < 1.29 is 4.74 Å². The molecule has 0 bridgehead atoms. The predicted octanol–water partition coefficient (Wildman–Crippen LogP) is 3.76. The molecule has 1 aromatic carbocycles. The summed E-state index contributed by atoms with van der Waals surface area (Å²) in [5, 5.41) is 3.58. The quantitative estimate of drug-likeness (QED) is 0.830. The van der Waals surface area contributed by atoms with Crippen molar-refractivity contribution >= 4 is 0 Å². The van der Waals surface area contributed by atoms with Crippen LogP contribution in [-0.4, -0.2) is 11.7 Å². The molecule has 0 radical (unpaired) electrons. The number of methoxy groups -OCH3 is 1. The summed E-state index contributed by atoms with van der Waals surface area (Å²) in [6.07, 6.45) is 3.31. The zero-order valence-electron chi connectivity index (χ0n) is 12.6. The second kappa shape index (κ2) is 7.15. The number of benzene rings is 1. The second-order valence-corrected chi connectivity index (χ2v) is 5.07. The van der Waals surface area contributed by atoms with E-state index in [1.54, 1.807) is 7.11 Å². The Morgan fingerprint density at radius 3 is 2.60 bits per heavy atom. The summed E-state index contributed by atoms with van der Waals surface area (Å²) >= 11 is 0. The third-order valence-electron chi connectivity index (χ3n) is 3.59. The van der Waals surface area contributed by atoms with Gasteiger partial charge in [-0.05, 0) is 43.2 Å². The largest absolute Gasteiger partial charge is 0.497 e. The van der Waals surface area contributed by atoms with Crippen molar-refractivity contribution in [2.24, 2.45) is 0 Å². The second-order valence-electron chi connectivity index (χ2n) is 5.07. The number of aryl methyl sites for hydroxylation is 1. The summed E-state index contributed by atoms with van der Waals surface area (Å²) in [6, 6.07) is 12.9. The lowest BCUT2D eigenvalue weighted by molar-refractivity contribution is 0.414. The predicted molar refractivity (Wildman–Crippen MR) is 83.0 cm³/mol. The summed E-state index contributed by atoms with van der Waals surface area (Å²) in [6.45, 7) is 6.37. The van der Waals surface area contributed by atoms with Crippen LogP contribution in [0.15, 0.2) is 42.6 Å². The van der Waals surface area contributed by atoms with Crippen molar-refractivity contribution in [2.75, 3.05) is 7.11 Å². The van der Waals surface area contributed by atoms with E-state index in [1.165, 1.54) is 11.3 Å². The van der Waals surface area contributed by atoms with E-state index in [4.69, 9.17) is 4.74 Å². The van der Waals surface area contributed by atoms with Gasteiger partial charge in [-0.25, -0.2) is 0 Å². The van der Waals surface area contributed by atoms with Crippen molar-refractivity contribution in [2.45, 2.75) is 39.4 Å². The van der Waals surface area contributed by atoms with Crippen LogP contribution < -0.4 is 10.1 Å². The zero-order chi connectivity index (χ0) is 14.4. The van der Waals surface area contributed by atoms with Crippen LogP contribution >= 0.6 is 0 Å². The highest BCUT2D eigenvalue weighted by Gasteiger charge is 2.06. The molecule has 108 valence electrons. The van der Waals surface area contributed by atoms with E-state index >= 15 is 0 Å². The van der Waals surface area contributed by atoms with Gasteiger partial charge in [0.15, 0.2) is 0 Å². The number of rotatable bonds is 7. The fraction of sp³-hybridized carbons (Fsp3) is 0.412. The van der Waals surface area contributed by atoms with E-state index in [-0.39, 0.29) is 0 Å². The van der Waals surface area contributed by atoms with Gasteiger partial charge in [0, 0.05) is 31.0 Å². The molecular weight excluding hydrogens is 248 g/mol. The van der Waals surface area contributed by atoms with Crippen LogP contribution in [0.2, 0.25) is 0 Å². The Balaban J connectivity index is 1.93. The standard InChI is InChI=1S/C17H24N2O/c1-4-11-19-12-5-6-16(19)13-18-14(2)15-7-9-17(20-3)10-8-15/h5-10,12,14,18H,4,11,13H2,1-3H3/t14-/m0/s1. The summed E-state index contributed by atoms with van der Waals surface area (Å²) in [5.41, 5.74) is 2.62. The van der Waals surface area contributed by atoms with Crippen molar-refractivity contribution in [1.82, 2.24) is 9.88 Å². The van der Waals surface area contributed by atoms with Crippen molar-refractivity contribution in [3.63, 3.8) is 0 Å². The SMILES string of the molecule is CCCn1cccc1CN[C@@H](C)c1ccc(OC)cc1. The normalized spacial score (nSPS) is 12.3. The number of nitrogens with one attached hydrogen (secondary N) is 1. The molecule has 0 unspecified atom stereocenters. The van der Waals surface area contributed by atoms with Crippen molar-refractivity contribution in [1.29, 1.82) is 0 Å². The Hall–Kier alpha value is -1.74. The molecule has 1 atom stereocenters. The van der Waals surface area contributed by atoms with Crippen LogP contribution in [0.4, 0.5) is 0 Å². The van der Waals surface area contributed by atoms with E-state index < -0.39 is 0 Å². The maximum Gasteiger partial charge on any atom is 0.118 e. The third-order valence-corrected chi connectivity index (χ3v) is 3.59. The van der Waals surface area contributed by atoms with Gasteiger partial charge in [0.1, 0.15) is 5.75 Å². The van der Waals surface area contributed by atoms with Gasteiger partial charge >= 0.3 is 0 Å². The molecule has 3 heteroatoms. The molecule has 20 heavy (non-hydrogen) atoms. The van der Waals surface area contributed by atoms with Crippen molar-refractivity contribution in [3.8, 4) is 5.75 Å². The zero-order valence-corrected chi connectivity index (χ0v) is 12.6. The van der Waals surface area contributed by atoms with Gasteiger partial charge in [0.05, 0.1) is 7.11 Å². The van der Waals surface area contributed by atoms with E-state index in [1.807, 2.05) is 12.1 Å². The minimum absolute atomic E-state index is 0.325. The summed E-state index contributed by atoms with van der Waals surface area (Å²) < 4.78 is 7.50. The summed E-state index contributed by atoms with van der Waals surface area (Å²) in [7, 11) is 1.69. The van der Waals surface area contributed by atoms with Crippen LogP contribution in [0.3, 0.4) is 0 Å². The highest BCUT2D eigenvalue weighted by atomic mass is 16.5. The molecule has 0 saturated carbocycles. The highest BCUT2D eigenvalue weighted by Crippen LogP contribution is 2.17. The average Bonchev–Trinajstić information content (AvgIpc) is 2.92. The fourth-order valence-corrected chi connectivity index (χ4v) is 2.34. The molecule has 1 heterocycles. The van der Waals surface area contributed by atoms with Gasteiger partial charge in [-0.3, -0.25) is 0 Å². The molecule has 1 N–H and O–H groups in total. The molecule has 1 aromatic heterocycles. The highest BCUT2D eigenvalue weighted by molar-refractivity contribution is 5.28. The molecular formula is C17H24N2O. The smallest absolute Gasteiger partial charge is 0.118 e. The molecule has 2 rings (SSSR count). The van der Waals surface area contributed by atoms with Crippen LogP contribution in [0.25, 0.3) is 0 Å². The molecule has 0 saturated heterocycles. The minimum atomic E-state index is 0.325. The van der Waals surface area contributed by atoms with Gasteiger partial charge < -0.3 is 14.6 Å². The van der Waals surface area contributed by atoms with Gasteiger partial charge in [0.2, 0.25) is 0 Å². The van der Waals surface area contributed by atoms with Gasteiger partial charge in [0.25, 0.3) is 0 Å². The number of aromatic nitrogens is 1. The first-order valence-electron chi connectivity index (χ1n) is 7.26. The number of ether oxygens (including phenoxy) is 1. The van der Waals surface area contributed by atoms with Gasteiger partial charge in [-0.1, -0.05) is 19.1 Å². The Kier molecular flexibility index (Phi) is 5.24. The van der Waals surface area contributed by atoms with Crippen LogP contribution in [-0.2, 0) is 13.1 Å². The van der Waals surface area contributed by atoms with Gasteiger partial charge in [-0.15, -0.1) is 0 Å². The first-order chi connectivity index (χ1) is 9.74. The molecule has 0 amide bonds.